The molecular weight excluding hydrogens is 274 g/mol. The fraction of sp³-hybridized carbons (Fsp3) is 0.0714. The zero-order chi connectivity index (χ0) is 14.9. The van der Waals surface area contributed by atoms with Crippen molar-refractivity contribution in [1.82, 2.24) is 0 Å². The number of amides is 1. The van der Waals surface area contributed by atoms with Crippen LogP contribution in [0, 0.1) is 30.2 Å². The molecule has 0 saturated carbocycles. The minimum atomic E-state index is -1.65. The first-order valence-corrected chi connectivity index (χ1v) is 5.61. The van der Waals surface area contributed by atoms with Crippen molar-refractivity contribution >= 4 is 11.6 Å². The lowest BCUT2D eigenvalue weighted by molar-refractivity contribution is 0.102. The van der Waals surface area contributed by atoms with Crippen molar-refractivity contribution in [3.63, 3.8) is 0 Å². The molecule has 2 rings (SSSR count). The van der Waals surface area contributed by atoms with E-state index in [0.717, 1.165) is 0 Å². The Kier molecular flexibility index (Phi) is 3.74. The molecule has 0 radical (unpaired) electrons. The van der Waals surface area contributed by atoms with Gasteiger partial charge < -0.3 is 5.32 Å². The zero-order valence-corrected chi connectivity index (χ0v) is 10.3. The van der Waals surface area contributed by atoms with E-state index in [1.807, 2.05) is 0 Å². The van der Waals surface area contributed by atoms with Crippen LogP contribution in [-0.2, 0) is 0 Å². The monoisotopic (exact) mass is 283 g/mol. The Morgan fingerprint density at radius 1 is 1.00 bits per heavy atom. The van der Waals surface area contributed by atoms with Crippen molar-refractivity contribution in [3.05, 3.63) is 64.7 Å². The molecule has 0 saturated heterocycles. The summed E-state index contributed by atoms with van der Waals surface area (Å²) in [4.78, 5) is 11.8. The van der Waals surface area contributed by atoms with Gasteiger partial charge in [0.15, 0.2) is 17.5 Å². The number of hydrogen-bond acceptors (Lipinski definition) is 1. The average molecular weight is 283 g/mol. The Hall–Kier alpha value is -2.37. The van der Waals surface area contributed by atoms with Gasteiger partial charge in [-0.2, -0.15) is 0 Å². The van der Waals surface area contributed by atoms with Crippen LogP contribution in [-0.4, -0.2) is 5.91 Å². The van der Waals surface area contributed by atoms with E-state index in [4.69, 9.17) is 0 Å². The molecule has 0 aliphatic heterocycles. The van der Waals surface area contributed by atoms with Gasteiger partial charge in [0.2, 0.25) is 0 Å². The first kappa shape index (κ1) is 14.0. The molecule has 0 spiro atoms. The highest BCUT2D eigenvalue weighted by molar-refractivity contribution is 6.04. The third-order valence-corrected chi connectivity index (χ3v) is 2.76. The lowest BCUT2D eigenvalue weighted by Crippen LogP contribution is -2.14. The second-order valence-corrected chi connectivity index (χ2v) is 4.12. The van der Waals surface area contributed by atoms with E-state index in [1.54, 1.807) is 0 Å². The number of benzene rings is 2. The van der Waals surface area contributed by atoms with Crippen LogP contribution in [0.4, 0.5) is 23.2 Å². The smallest absolute Gasteiger partial charge is 0.255 e. The lowest BCUT2D eigenvalue weighted by atomic mass is 10.1. The molecule has 20 heavy (non-hydrogen) atoms. The molecule has 104 valence electrons. The number of carbonyl (C=O) groups excluding carboxylic acids is 1. The van der Waals surface area contributed by atoms with Gasteiger partial charge in [-0.05, 0) is 31.2 Å². The number of carbonyl (C=O) groups is 1. The summed E-state index contributed by atoms with van der Waals surface area (Å²) in [6.07, 6.45) is 0. The summed E-state index contributed by atoms with van der Waals surface area (Å²) in [5.74, 6) is -5.98. The maximum atomic E-state index is 13.3. The van der Waals surface area contributed by atoms with E-state index in [9.17, 15) is 22.4 Å². The van der Waals surface area contributed by atoms with Crippen molar-refractivity contribution in [1.29, 1.82) is 0 Å². The highest BCUT2D eigenvalue weighted by atomic mass is 19.2. The number of rotatable bonds is 2. The van der Waals surface area contributed by atoms with Crippen LogP contribution in [0.25, 0.3) is 0 Å². The van der Waals surface area contributed by atoms with Gasteiger partial charge in [0, 0.05) is 16.8 Å². The van der Waals surface area contributed by atoms with Gasteiger partial charge in [-0.1, -0.05) is 6.07 Å². The van der Waals surface area contributed by atoms with Gasteiger partial charge in [0.1, 0.15) is 5.82 Å². The Labute approximate surface area is 112 Å². The fourth-order valence-corrected chi connectivity index (χ4v) is 1.62. The SMILES string of the molecule is Cc1c(F)cccc1NC(=O)c1cc(F)c(F)c(F)c1. The van der Waals surface area contributed by atoms with E-state index >= 15 is 0 Å². The lowest BCUT2D eigenvalue weighted by Gasteiger charge is -2.09. The molecule has 1 amide bonds. The topological polar surface area (TPSA) is 29.1 Å². The number of nitrogens with one attached hydrogen (secondary N) is 1. The average Bonchev–Trinajstić information content (AvgIpc) is 2.40. The molecule has 0 bridgehead atoms. The molecule has 1 N–H and O–H groups in total. The van der Waals surface area contributed by atoms with E-state index in [1.165, 1.54) is 25.1 Å². The molecule has 0 aliphatic carbocycles. The van der Waals surface area contributed by atoms with Gasteiger partial charge in [-0.25, -0.2) is 17.6 Å². The molecule has 0 aliphatic rings. The molecule has 0 unspecified atom stereocenters. The van der Waals surface area contributed by atoms with Gasteiger partial charge in [0.25, 0.3) is 5.91 Å². The van der Waals surface area contributed by atoms with Gasteiger partial charge >= 0.3 is 0 Å². The summed E-state index contributed by atoms with van der Waals surface area (Å²) < 4.78 is 52.1. The molecule has 2 aromatic rings. The van der Waals surface area contributed by atoms with Gasteiger partial charge in [-0.3, -0.25) is 4.79 Å². The Bertz CT molecular complexity index is 662. The van der Waals surface area contributed by atoms with Crippen LogP contribution in [0.5, 0.6) is 0 Å². The predicted molar refractivity (Wildman–Crippen MR) is 65.4 cm³/mol. The summed E-state index contributed by atoms with van der Waals surface area (Å²) in [5, 5.41) is 2.31. The first-order valence-electron chi connectivity index (χ1n) is 5.61. The summed E-state index contributed by atoms with van der Waals surface area (Å²) in [6, 6.07) is 5.17. The molecule has 0 heterocycles. The summed E-state index contributed by atoms with van der Waals surface area (Å²) in [5.41, 5.74) is -0.0471. The summed E-state index contributed by atoms with van der Waals surface area (Å²) in [7, 11) is 0. The van der Waals surface area contributed by atoms with Crippen LogP contribution in [0.1, 0.15) is 15.9 Å². The molecule has 6 heteroatoms. The van der Waals surface area contributed by atoms with Crippen molar-refractivity contribution < 1.29 is 22.4 Å². The molecule has 2 nitrogen and oxygen atoms in total. The minimum absolute atomic E-state index is 0.167. The van der Waals surface area contributed by atoms with Crippen LogP contribution in [0.2, 0.25) is 0 Å². The first-order chi connectivity index (χ1) is 9.40. The Balaban J connectivity index is 2.31. The second-order valence-electron chi connectivity index (χ2n) is 4.12. The summed E-state index contributed by atoms with van der Waals surface area (Å²) in [6.45, 7) is 1.44. The Morgan fingerprint density at radius 2 is 1.60 bits per heavy atom. The van der Waals surface area contributed by atoms with Crippen molar-refractivity contribution in [2.24, 2.45) is 0 Å². The normalized spacial score (nSPS) is 10.4. The van der Waals surface area contributed by atoms with E-state index in [2.05, 4.69) is 5.32 Å². The highest BCUT2D eigenvalue weighted by Crippen LogP contribution is 2.19. The minimum Gasteiger partial charge on any atom is -0.322 e. The zero-order valence-electron chi connectivity index (χ0n) is 10.3. The third kappa shape index (κ3) is 2.64. The molecule has 0 aromatic heterocycles. The van der Waals surface area contributed by atoms with Gasteiger partial charge in [0.05, 0.1) is 0 Å². The number of anilines is 1. The van der Waals surface area contributed by atoms with Crippen LogP contribution in [0.3, 0.4) is 0 Å². The van der Waals surface area contributed by atoms with E-state index in [0.29, 0.717) is 12.1 Å². The third-order valence-electron chi connectivity index (χ3n) is 2.76. The van der Waals surface area contributed by atoms with E-state index < -0.39 is 34.7 Å². The maximum absolute atomic E-state index is 13.3. The van der Waals surface area contributed by atoms with E-state index in [-0.39, 0.29) is 11.3 Å². The highest BCUT2D eigenvalue weighted by Gasteiger charge is 2.16. The van der Waals surface area contributed by atoms with Crippen LogP contribution >= 0.6 is 0 Å². The van der Waals surface area contributed by atoms with Gasteiger partial charge in [-0.15, -0.1) is 0 Å². The van der Waals surface area contributed by atoms with Crippen LogP contribution in [0.15, 0.2) is 30.3 Å². The maximum Gasteiger partial charge on any atom is 0.255 e. The largest absolute Gasteiger partial charge is 0.322 e. The number of halogens is 4. The van der Waals surface area contributed by atoms with Crippen molar-refractivity contribution in [3.8, 4) is 0 Å². The summed E-state index contributed by atoms with van der Waals surface area (Å²) >= 11 is 0. The standard InChI is InChI=1S/C14H9F4NO/c1-7-9(15)3-2-4-12(7)19-14(20)8-5-10(16)13(18)11(17)6-8/h2-6H,1H3,(H,19,20). The quantitative estimate of drug-likeness (QED) is 0.659. The molecule has 2 aromatic carbocycles. The predicted octanol–water partition coefficient (Wildman–Crippen LogP) is 3.80. The molecular formula is C14H9F4NO. The number of hydrogen-bond donors (Lipinski definition) is 1. The van der Waals surface area contributed by atoms with Crippen molar-refractivity contribution in [2.75, 3.05) is 5.32 Å². The van der Waals surface area contributed by atoms with Crippen LogP contribution < -0.4 is 5.32 Å². The fourth-order valence-electron chi connectivity index (χ4n) is 1.62. The molecule has 0 fully saturated rings. The van der Waals surface area contributed by atoms with Crippen molar-refractivity contribution in [2.45, 2.75) is 6.92 Å². The second kappa shape index (κ2) is 5.32. The Morgan fingerprint density at radius 3 is 2.20 bits per heavy atom. The molecule has 0 atom stereocenters.